The van der Waals surface area contributed by atoms with E-state index in [2.05, 4.69) is 9.88 Å². The highest BCUT2D eigenvalue weighted by Crippen LogP contribution is 2.40. The van der Waals surface area contributed by atoms with Gasteiger partial charge in [-0.15, -0.1) is 0 Å². The van der Waals surface area contributed by atoms with E-state index in [0.717, 1.165) is 34.9 Å². The predicted octanol–water partition coefficient (Wildman–Crippen LogP) is 4.28. The first-order valence-electron chi connectivity index (χ1n) is 10.2. The van der Waals surface area contributed by atoms with Crippen molar-refractivity contribution in [1.29, 1.82) is 0 Å². The molecule has 156 valence electrons. The van der Waals surface area contributed by atoms with Crippen molar-refractivity contribution in [3.8, 4) is 11.5 Å². The first-order chi connectivity index (χ1) is 14.6. The number of piperidine rings is 1. The third-order valence-corrected chi connectivity index (χ3v) is 5.86. The van der Waals surface area contributed by atoms with Crippen LogP contribution in [0.4, 0.5) is 0 Å². The molecular weight excluding hydrogens is 380 g/mol. The number of carboxylic acid groups (broad SMARTS) is 1. The number of carboxylic acids is 1. The number of fused-ring (bicyclic) bond motifs is 1. The van der Waals surface area contributed by atoms with E-state index in [9.17, 15) is 9.90 Å². The Morgan fingerprint density at radius 2 is 1.90 bits per heavy atom. The first-order valence-corrected chi connectivity index (χ1v) is 10.2. The van der Waals surface area contributed by atoms with E-state index in [4.69, 9.17) is 9.47 Å². The van der Waals surface area contributed by atoms with Crippen LogP contribution in [0.5, 0.6) is 11.5 Å². The maximum atomic E-state index is 12.1. The van der Waals surface area contributed by atoms with E-state index in [0.29, 0.717) is 24.5 Å². The molecule has 0 amide bonds. The zero-order valence-corrected chi connectivity index (χ0v) is 17.2. The van der Waals surface area contributed by atoms with Crippen LogP contribution in [0.25, 0.3) is 10.9 Å². The molecule has 2 heterocycles. The van der Waals surface area contributed by atoms with Crippen LogP contribution < -0.4 is 9.47 Å². The van der Waals surface area contributed by atoms with Gasteiger partial charge in [-0.1, -0.05) is 30.7 Å². The van der Waals surface area contributed by atoms with Crippen LogP contribution in [-0.2, 0) is 4.79 Å². The lowest BCUT2D eigenvalue weighted by Crippen LogP contribution is -2.46. The van der Waals surface area contributed by atoms with Gasteiger partial charge in [-0.3, -0.25) is 14.7 Å². The highest BCUT2D eigenvalue weighted by molar-refractivity contribution is 5.83. The molecule has 1 saturated heterocycles. The normalized spacial score (nSPS) is 18.1. The molecule has 0 saturated carbocycles. The van der Waals surface area contributed by atoms with Gasteiger partial charge in [-0.05, 0) is 54.8 Å². The lowest BCUT2D eigenvalue weighted by atomic mass is 9.90. The molecule has 4 rings (SSSR count). The van der Waals surface area contributed by atoms with Crippen LogP contribution in [-0.4, -0.2) is 47.8 Å². The Bertz CT molecular complexity index is 1050. The number of pyridine rings is 1. The van der Waals surface area contributed by atoms with Gasteiger partial charge < -0.3 is 14.6 Å². The van der Waals surface area contributed by atoms with Crippen molar-refractivity contribution in [1.82, 2.24) is 9.88 Å². The third kappa shape index (κ3) is 3.71. The van der Waals surface area contributed by atoms with E-state index in [1.54, 1.807) is 20.4 Å². The van der Waals surface area contributed by atoms with E-state index < -0.39 is 12.0 Å². The van der Waals surface area contributed by atoms with Gasteiger partial charge in [0, 0.05) is 11.6 Å². The number of para-hydroxylation sites is 1. The van der Waals surface area contributed by atoms with Gasteiger partial charge in [0.1, 0.15) is 6.04 Å². The van der Waals surface area contributed by atoms with Crippen molar-refractivity contribution in [2.45, 2.75) is 31.3 Å². The van der Waals surface area contributed by atoms with Crippen LogP contribution in [0.3, 0.4) is 0 Å². The minimum atomic E-state index is -0.779. The Balaban J connectivity index is 1.92. The number of likely N-dealkylation sites (tertiary alicyclic amines) is 1. The minimum absolute atomic E-state index is 0.237. The molecule has 1 aliphatic rings. The number of rotatable bonds is 6. The van der Waals surface area contributed by atoms with Crippen molar-refractivity contribution in [3.05, 3.63) is 65.9 Å². The quantitative estimate of drug-likeness (QED) is 0.659. The number of benzene rings is 2. The molecule has 1 fully saturated rings. The Kier molecular flexibility index (Phi) is 5.86. The summed E-state index contributed by atoms with van der Waals surface area (Å²) in [4.78, 5) is 18.7. The van der Waals surface area contributed by atoms with Crippen LogP contribution >= 0.6 is 0 Å². The maximum absolute atomic E-state index is 12.1. The molecule has 2 atom stereocenters. The van der Waals surface area contributed by atoms with Crippen molar-refractivity contribution < 1.29 is 19.4 Å². The summed E-state index contributed by atoms with van der Waals surface area (Å²) in [5.41, 5.74) is 2.91. The number of methoxy groups -OCH3 is 2. The fourth-order valence-electron chi connectivity index (χ4n) is 4.46. The summed E-state index contributed by atoms with van der Waals surface area (Å²) in [6.07, 6.45) is 4.33. The van der Waals surface area contributed by atoms with Gasteiger partial charge >= 0.3 is 5.97 Å². The molecular formula is C24H26N2O4. The average molecular weight is 406 g/mol. The van der Waals surface area contributed by atoms with Gasteiger partial charge in [-0.2, -0.15) is 0 Å². The molecule has 2 aromatic carbocycles. The number of hydrogen-bond acceptors (Lipinski definition) is 5. The largest absolute Gasteiger partial charge is 0.493 e. The van der Waals surface area contributed by atoms with Gasteiger partial charge in [0.25, 0.3) is 0 Å². The fourth-order valence-corrected chi connectivity index (χ4v) is 4.46. The molecule has 0 radical (unpaired) electrons. The van der Waals surface area contributed by atoms with Gasteiger partial charge in [-0.25, -0.2) is 0 Å². The van der Waals surface area contributed by atoms with E-state index in [1.807, 2.05) is 48.5 Å². The molecule has 6 heteroatoms. The number of aromatic nitrogens is 1. The lowest BCUT2D eigenvalue weighted by molar-refractivity contribution is -0.145. The number of aliphatic carboxylic acids is 1. The van der Waals surface area contributed by atoms with Crippen LogP contribution in [0.2, 0.25) is 0 Å². The predicted molar refractivity (Wildman–Crippen MR) is 115 cm³/mol. The van der Waals surface area contributed by atoms with Gasteiger partial charge in [0.05, 0.1) is 25.8 Å². The summed E-state index contributed by atoms with van der Waals surface area (Å²) < 4.78 is 10.9. The second kappa shape index (κ2) is 8.71. The molecule has 2 unspecified atom stereocenters. The number of hydrogen-bond donors (Lipinski definition) is 1. The molecule has 0 bridgehead atoms. The second-order valence-electron chi connectivity index (χ2n) is 7.52. The summed E-state index contributed by atoms with van der Waals surface area (Å²) >= 11 is 0. The van der Waals surface area contributed by atoms with E-state index >= 15 is 0 Å². The highest BCUT2D eigenvalue weighted by Gasteiger charge is 2.36. The standard InChI is InChI=1S/C24H26N2O4/c1-29-21-11-10-16(15-22(21)30-2)23(26-14-6-5-9-20(26)24(27)28)18-12-13-25-19-8-4-3-7-17(18)19/h3-4,7-8,10-13,15,20,23H,5-6,9,14H2,1-2H3,(H,27,28). The summed E-state index contributed by atoms with van der Waals surface area (Å²) in [5.74, 6) is 0.494. The molecule has 6 nitrogen and oxygen atoms in total. The number of carbonyl (C=O) groups is 1. The first kappa shape index (κ1) is 20.2. The van der Waals surface area contributed by atoms with Gasteiger partial charge in [0.2, 0.25) is 0 Å². The summed E-state index contributed by atoms with van der Waals surface area (Å²) in [7, 11) is 3.22. The molecule has 30 heavy (non-hydrogen) atoms. The topological polar surface area (TPSA) is 71.9 Å². The summed E-state index contributed by atoms with van der Waals surface area (Å²) in [6.45, 7) is 0.715. The minimum Gasteiger partial charge on any atom is -0.493 e. The Labute approximate surface area is 176 Å². The Morgan fingerprint density at radius 1 is 1.10 bits per heavy atom. The van der Waals surface area contributed by atoms with Gasteiger partial charge in [0.15, 0.2) is 11.5 Å². The van der Waals surface area contributed by atoms with Crippen molar-refractivity contribution in [2.24, 2.45) is 0 Å². The van der Waals surface area contributed by atoms with Crippen LogP contribution in [0.15, 0.2) is 54.7 Å². The summed E-state index contributed by atoms with van der Waals surface area (Å²) in [5, 5.41) is 11.0. The van der Waals surface area contributed by atoms with E-state index in [1.165, 1.54) is 0 Å². The molecule has 0 spiro atoms. The maximum Gasteiger partial charge on any atom is 0.320 e. The molecule has 3 aromatic rings. The van der Waals surface area contributed by atoms with E-state index in [-0.39, 0.29) is 6.04 Å². The third-order valence-electron chi connectivity index (χ3n) is 5.86. The Hall–Kier alpha value is -3.12. The van der Waals surface area contributed by atoms with Crippen LogP contribution in [0, 0.1) is 0 Å². The second-order valence-corrected chi connectivity index (χ2v) is 7.52. The number of ether oxygens (including phenoxy) is 2. The molecule has 1 aromatic heterocycles. The highest BCUT2D eigenvalue weighted by atomic mass is 16.5. The number of nitrogens with zero attached hydrogens (tertiary/aromatic N) is 2. The smallest absolute Gasteiger partial charge is 0.320 e. The average Bonchev–Trinajstić information content (AvgIpc) is 2.79. The Morgan fingerprint density at radius 3 is 2.67 bits per heavy atom. The zero-order chi connectivity index (χ0) is 21.1. The van der Waals surface area contributed by atoms with Crippen molar-refractivity contribution >= 4 is 16.9 Å². The zero-order valence-electron chi connectivity index (χ0n) is 17.2. The molecule has 1 N–H and O–H groups in total. The SMILES string of the molecule is COc1ccc(C(c2ccnc3ccccc23)N2CCCCC2C(=O)O)cc1OC. The lowest BCUT2D eigenvalue weighted by Gasteiger charge is -2.40. The van der Waals surface area contributed by atoms with Crippen molar-refractivity contribution in [3.63, 3.8) is 0 Å². The molecule has 1 aliphatic heterocycles. The van der Waals surface area contributed by atoms with Crippen LogP contribution in [0.1, 0.15) is 36.4 Å². The van der Waals surface area contributed by atoms with Crippen molar-refractivity contribution in [2.75, 3.05) is 20.8 Å². The fraction of sp³-hybridized carbons (Fsp3) is 0.333. The molecule has 0 aliphatic carbocycles. The monoisotopic (exact) mass is 406 g/mol. The summed E-state index contributed by atoms with van der Waals surface area (Å²) in [6, 6.07) is 15.0.